The van der Waals surface area contributed by atoms with E-state index in [2.05, 4.69) is 0 Å². The number of carbonyl (C=O) groups excluding carboxylic acids is 1. The Labute approximate surface area is 132 Å². The number of para-hydroxylation sites is 1. The fourth-order valence-corrected chi connectivity index (χ4v) is 2.57. The minimum absolute atomic E-state index is 0.00258. The molecule has 1 amide bonds. The number of methoxy groups -OCH3 is 1. The number of aromatic nitrogens is 1. The average molecular weight is 308 g/mol. The van der Waals surface area contributed by atoms with Crippen LogP contribution in [-0.4, -0.2) is 17.6 Å². The molecule has 1 aromatic heterocycles. The number of fused-ring (bicyclic) bond motifs is 1. The van der Waals surface area contributed by atoms with Crippen LogP contribution < -0.4 is 16.0 Å². The monoisotopic (exact) mass is 308 g/mol. The highest BCUT2D eigenvalue weighted by molar-refractivity contribution is 5.96. The molecule has 0 unspecified atom stereocenters. The van der Waals surface area contributed by atoms with Crippen molar-refractivity contribution in [3.05, 3.63) is 76.1 Å². The Morgan fingerprint density at radius 2 is 1.83 bits per heavy atom. The van der Waals surface area contributed by atoms with E-state index in [0.29, 0.717) is 6.54 Å². The first-order valence-electron chi connectivity index (χ1n) is 7.15. The second-order valence-electron chi connectivity index (χ2n) is 5.22. The summed E-state index contributed by atoms with van der Waals surface area (Å²) < 4.78 is 6.70. The molecule has 5 nitrogen and oxygen atoms in total. The first-order chi connectivity index (χ1) is 11.1. The first kappa shape index (κ1) is 14.8. The summed E-state index contributed by atoms with van der Waals surface area (Å²) in [5.41, 5.74) is 6.64. The molecule has 2 N–H and O–H groups in total. The predicted molar refractivity (Wildman–Crippen MR) is 88.8 cm³/mol. The van der Waals surface area contributed by atoms with E-state index in [1.54, 1.807) is 17.7 Å². The van der Waals surface area contributed by atoms with Crippen LogP contribution in [0.5, 0.6) is 5.75 Å². The number of hydrogen-bond donors (Lipinski definition) is 1. The summed E-state index contributed by atoms with van der Waals surface area (Å²) in [6.07, 6.45) is 0. The van der Waals surface area contributed by atoms with Crippen LogP contribution in [0.25, 0.3) is 10.9 Å². The van der Waals surface area contributed by atoms with Gasteiger partial charge in [-0.05, 0) is 35.2 Å². The normalized spacial score (nSPS) is 10.7. The predicted octanol–water partition coefficient (Wildman–Crippen LogP) is 2.16. The third-order valence-electron chi connectivity index (χ3n) is 3.77. The van der Waals surface area contributed by atoms with Gasteiger partial charge in [0.2, 0.25) is 0 Å². The van der Waals surface area contributed by atoms with Crippen molar-refractivity contribution in [3.63, 3.8) is 0 Å². The fraction of sp³-hybridized carbons (Fsp3) is 0.111. The highest BCUT2D eigenvalue weighted by atomic mass is 16.5. The van der Waals surface area contributed by atoms with Gasteiger partial charge in [0, 0.05) is 0 Å². The summed E-state index contributed by atoms with van der Waals surface area (Å²) in [4.78, 5) is 24.1. The van der Waals surface area contributed by atoms with Gasteiger partial charge in [-0.25, -0.2) is 0 Å². The van der Waals surface area contributed by atoms with E-state index >= 15 is 0 Å². The Balaban J connectivity index is 2.16. The molecule has 23 heavy (non-hydrogen) atoms. The van der Waals surface area contributed by atoms with Crippen molar-refractivity contribution in [1.29, 1.82) is 0 Å². The summed E-state index contributed by atoms with van der Waals surface area (Å²) >= 11 is 0. The molecule has 1 heterocycles. The van der Waals surface area contributed by atoms with Gasteiger partial charge >= 0.3 is 0 Å². The molecule has 0 spiro atoms. The average Bonchev–Trinajstić information content (AvgIpc) is 2.57. The van der Waals surface area contributed by atoms with Gasteiger partial charge in [-0.15, -0.1) is 0 Å². The van der Waals surface area contributed by atoms with E-state index in [0.717, 1.165) is 22.2 Å². The lowest BCUT2D eigenvalue weighted by Gasteiger charge is -2.12. The molecule has 0 radical (unpaired) electrons. The number of carbonyl (C=O) groups is 1. The molecule has 0 atom stereocenters. The number of rotatable bonds is 4. The molecular formula is C18H16N2O3. The molecule has 2 aromatic carbocycles. The number of ether oxygens (including phenoxy) is 1. The lowest BCUT2D eigenvalue weighted by atomic mass is 10.1. The lowest BCUT2D eigenvalue weighted by molar-refractivity contribution is 0.0998. The fourth-order valence-electron chi connectivity index (χ4n) is 2.57. The Morgan fingerprint density at radius 1 is 1.13 bits per heavy atom. The molecule has 3 rings (SSSR count). The quantitative estimate of drug-likeness (QED) is 0.802. The number of amides is 1. The summed E-state index contributed by atoms with van der Waals surface area (Å²) in [7, 11) is 1.60. The van der Waals surface area contributed by atoms with Crippen molar-refractivity contribution in [1.82, 2.24) is 4.57 Å². The molecule has 0 aliphatic carbocycles. The van der Waals surface area contributed by atoms with Crippen LogP contribution in [0, 0.1) is 0 Å². The van der Waals surface area contributed by atoms with Gasteiger partial charge in [-0.3, -0.25) is 9.59 Å². The van der Waals surface area contributed by atoms with Crippen molar-refractivity contribution in [2.75, 3.05) is 7.11 Å². The molecular weight excluding hydrogens is 292 g/mol. The topological polar surface area (TPSA) is 74.3 Å². The van der Waals surface area contributed by atoms with Gasteiger partial charge in [-0.1, -0.05) is 30.3 Å². The Kier molecular flexibility index (Phi) is 3.85. The largest absolute Gasteiger partial charge is 0.497 e. The highest BCUT2D eigenvalue weighted by Gasteiger charge is 2.13. The first-order valence-corrected chi connectivity index (χ1v) is 7.15. The van der Waals surface area contributed by atoms with Crippen LogP contribution in [0.2, 0.25) is 0 Å². The number of pyridine rings is 1. The van der Waals surface area contributed by atoms with Crippen molar-refractivity contribution in [2.24, 2.45) is 5.73 Å². The van der Waals surface area contributed by atoms with Crippen LogP contribution in [0.3, 0.4) is 0 Å². The highest BCUT2D eigenvalue weighted by Crippen LogP contribution is 2.16. The van der Waals surface area contributed by atoms with Crippen molar-refractivity contribution in [2.45, 2.75) is 6.54 Å². The van der Waals surface area contributed by atoms with Crippen LogP contribution >= 0.6 is 0 Å². The number of primary amides is 1. The zero-order valence-electron chi connectivity index (χ0n) is 12.7. The van der Waals surface area contributed by atoms with Crippen LogP contribution in [0.1, 0.15) is 15.9 Å². The Hall–Kier alpha value is -3.08. The lowest BCUT2D eigenvalue weighted by Crippen LogP contribution is -2.30. The third kappa shape index (κ3) is 2.81. The van der Waals surface area contributed by atoms with E-state index < -0.39 is 5.91 Å². The van der Waals surface area contributed by atoms with E-state index in [-0.39, 0.29) is 11.1 Å². The van der Waals surface area contributed by atoms with Gasteiger partial charge in [0.05, 0.1) is 19.2 Å². The number of nitrogens with zero attached hydrogens (tertiary/aromatic N) is 1. The molecule has 0 saturated carbocycles. The molecule has 0 aliphatic rings. The van der Waals surface area contributed by atoms with Crippen LogP contribution in [0.15, 0.2) is 59.4 Å². The molecule has 0 aliphatic heterocycles. The van der Waals surface area contributed by atoms with E-state index in [1.165, 1.54) is 0 Å². The third-order valence-corrected chi connectivity index (χ3v) is 3.77. The minimum atomic E-state index is -0.718. The summed E-state index contributed by atoms with van der Waals surface area (Å²) in [6.45, 7) is 0.352. The van der Waals surface area contributed by atoms with Gasteiger partial charge in [0.1, 0.15) is 11.3 Å². The SMILES string of the molecule is COc1ccc(Cn2c(=O)c(C(N)=O)cc3ccccc32)cc1. The Bertz CT molecular complexity index is 927. The maximum absolute atomic E-state index is 12.6. The van der Waals surface area contributed by atoms with Gasteiger partial charge in [0.25, 0.3) is 11.5 Å². The summed E-state index contributed by atoms with van der Waals surface area (Å²) in [5, 5.41) is 0.800. The number of nitrogens with two attached hydrogens (primary N) is 1. The smallest absolute Gasteiger partial charge is 0.264 e. The number of hydrogen-bond acceptors (Lipinski definition) is 3. The Morgan fingerprint density at radius 3 is 2.48 bits per heavy atom. The molecule has 0 saturated heterocycles. The van der Waals surface area contributed by atoms with Crippen molar-refractivity contribution < 1.29 is 9.53 Å². The molecule has 0 bridgehead atoms. The van der Waals surface area contributed by atoms with Gasteiger partial charge in [-0.2, -0.15) is 0 Å². The van der Waals surface area contributed by atoms with Crippen molar-refractivity contribution >= 4 is 16.8 Å². The van der Waals surface area contributed by atoms with E-state index in [9.17, 15) is 9.59 Å². The maximum Gasteiger partial charge on any atom is 0.264 e. The molecule has 116 valence electrons. The second kappa shape index (κ2) is 5.96. The summed E-state index contributed by atoms with van der Waals surface area (Å²) in [5.74, 6) is 0.0288. The molecule has 5 heteroatoms. The number of benzene rings is 2. The molecule has 3 aromatic rings. The van der Waals surface area contributed by atoms with E-state index in [1.807, 2.05) is 48.5 Å². The zero-order chi connectivity index (χ0) is 16.4. The maximum atomic E-state index is 12.6. The molecule has 0 fully saturated rings. The van der Waals surface area contributed by atoms with Gasteiger partial charge in [0.15, 0.2) is 0 Å². The zero-order valence-corrected chi connectivity index (χ0v) is 12.7. The minimum Gasteiger partial charge on any atom is -0.497 e. The van der Waals surface area contributed by atoms with Crippen molar-refractivity contribution in [3.8, 4) is 5.75 Å². The van der Waals surface area contributed by atoms with Gasteiger partial charge < -0.3 is 15.0 Å². The second-order valence-corrected chi connectivity index (χ2v) is 5.22. The van der Waals surface area contributed by atoms with Crippen LogP contribution in [-0.2, 0) is 6.54 Å². The van der Waals surface area contributed by atoms with Crippen LogP contribution in [0.4, 0.5) is 0 Å². The van der Waals surface area contributed by atoms with E-state index in [4.69, 9.17) is 10.5 Å². The summed E-state index contributed by atoms with van der Waals surface area (Å²) in [6, 6.07) is 16.4. The standard InChI is InChI=1S/C18H16N2O3/c1-23-14-8-6-12(7-9-14)11-20-16-5-3-2-4-13(16)10-15(17(19)21)18(20)22/h2-10H,11H2,1H3,(H2,19,21).